The summed E-state index contributed by atoms with van der Waals surface area (Å²) in [4.78, 5) is 26.4. The molecule has 4 nitrogen and oxygen atoms in total. The van der Waals surface area contributed by atoms with E-state index in [1.807, 2.05) is 21.1 Å². The summed E-state index contributed by atoms with van der Waals surface area (Å²) in [6.45, 7) is 5.07. The predicted octanol–water partition coefficient (Wildman–Crippen LogP) is 12.0. The van der Waals surface area contributed by atoms with Gasteiger partial charge in [0.15, 0.2) is 0 Å². The molecule has 0 bridgehead atoms. The van der Waals surface area contributed by atoms with Crippen molar-refractivity contribution in [1.29, 1.82) is 0 Å². The summed E-state index contributed by atoms with van der Waals surface area (Å²) in [7, 11) is 6.48. The molecule has 0 aliphatic heterocycles. The van der Waals surface area contributed by atoms with Crippen molar-refractivity contribution < 1.29 is 19.2 Å². The second-order valence-corrected chi connectivity index (χ2v) is 16.1. The molecule has 2 atom stereocenters. The maximum absolute atomic E-state index is 13.2. The Hall–Kier alpha value is -0.310. The number of nitrogens with zero attached hydrogens (tertiary/aromatic N) is 1. The van der Waals surface area contributed by atoms with Gasteiger partial charge in [-0.15, -0.1) is 0 Å². The maximum atomic E-state index is 13.2. The topological polar surface area (TPSA) is 54.4 Å². The molecule has 0 aromatic carbocycles. The van der Waals surface area contributed by atoms with E-state index in [0.29, 0.717) is 32.5 Å². The van der Waals surface area contributed by atoms with Gasteiger partial charge in [-0.25, -0.2) is 0 Å². The number of rotatable bonds is 35. The van der Waals surface area contributed by atoms with Crippen LogP contribution in [0, 0.1) is 5.92 Å². The van der Waals surface area contributed by atoms with Crippen LogP contribution in [-0.4, -0.2) is 54.4 Å². The molecule has 0 fully saturated rings. The van der Waals surface area contributed by atoms with Gasteiger partial charge in [0.25, 0.3) is 0 Å². The zero-order chi connectivity index (χ0) is 32.7. The SMILES string of the molecule is CCCCCCCCCCCCCCCCC(C(=O)CCCCCCCCCCCCCCC)C(=O)[P-]C(O)C[N+](C)(C)C. The van der Waals surface area contributed by atoms with Gasteiger partial charge in [0.2, 0.25) is 0 Å². The van der Waals surface area contributed by atoms with E-state index in [2.05, 4.69) is 13.8 Å². The van der Waals surface area contributed by atoms with Crippen LogP contribution in [0.15, 0.2) is 0 Å². The molecule has 5 heteroatoms. The van der Waals surface area contributed by atoms with Gasteiger partial charge < -0.3 is 23.0 Å². The van der Waals surface area contributed by atoms with Crippen LogP contribution in [0.4, 0.5) is 0 Å². The number of quaternary nitrogens is 1. The molecule has 2 unspecified atom stereocenters. The molecule has 0 saturated carbocycles. The van der Waals surface area contributed by atoms with Crippen LogP contribution in [0.2, 0.25) is 0 Å². The summed E-state index contributed by atoms with van der Waals surface area (Å²) in [5.41, 5.74) is -0.0552. The normalized spacial score (nSPS) is 13.6. The Morgan fingerprint density at radius 1 is 0.523 bits per heavy atom. The van der Waals surface area contributed by atoms with Crippen LogP contribution in [0.3, 0.4) is 0 Å². The standard InChI is InChI=1S/C39H78NO3P/c1-6-8-10-12-14-16-18-20-22-23-25-27-29-31-33-36(39(43)44-38(42)35-40(3,4)5)37(41)34-32-30-28-26-24-21-19-17-15-13-11-9-7-2/h36,38,42H,6-35H2,1-5H3. The number of likely N-dealkylation sites (N-methyl/N-ethyl adjacent to an activating group) is 1. The highest BCUT2D eigenvalue weighted by Gasteiger charge is 2.21. The molecule has 0 aromatic rings. The van der Waals surface area contributed by atoms with E-state index in [0.717, 1.165) is 25.7 Å². The van der Waals surface area contributed by atoms with Gasteiger partial charge in [-0.3, -0.25) is 4.79 Å². The van der Waals surface area contributed by atoms with Crippen molar-refractivity contribution in [1.82, 2.24) is 0 Å². The smallest absolute Gasteiger partial charge is 0.140 e. The molecular formula is C39H78NO3P. The molecule has 1 N–H and O–H groups in total. The van der Waals surface area contributed by atoms with Crippen molar-refractivity contribution in [3.05, 3.63) is 0 Å². The lowest BCUT2D eigenvalue weighted by Gasteiger charge is -2.34. The summed E-state index contributed by atoms with van der Waals surface area (Å²) in [6.07, 6.45) is 36.2. The summed E-state index contributed by atoms with van der Waals surface area (Å²) in [5, 5.41) is 10.5. The lowest BCUT2D eigenvalue weighted by molar-refractivity contribution is -0.871. The Bertz CT molecular complexity index is 648. The van der Waals surface area contributed by atoms with Gasteiger partial charge >= 0.3 is 0 Å². The Morgan fingerprint density at radius 2 is 0.841 bits per heavy atom. The minimum Gasteiger partial charge on any atom is -0.426 e. The molecule has 0 aliphatic rings. The zero-order valence-electron chi connectivity index (χ0n) is 30.5. The highest BCUT2D eigenvalue weighted by molar-refractivity contribution is 7.58. The number of carbonyl (C=O) groups excluding carboxylic acids is 2. The van der Waals surface area contributed by atoms with E-state index < -0.39 is 11.8 Å². The van der Waals surface area contributed by atoms with E-state index in [4.69, 9.17) is 0 Å². The van der Waals surface area contributed by atoms with Gasteiger partial charge in [0.05, 0.1) is 27.7 Å². The van der Waals surface area contributed by atoms with Gasteiger partial charge in [0.1, 0.15) is 5.78 Å². The van der Waals surface area contributed by atoms with Gasteiger partial charge in [-0.1, -0.05) is 181 Å². The molecule has 0 amide bonds. The molecule has 0 saturated heterocycles. The molecule has 0 radical (unpaired) electrons. The average Bonchev–Trinajstić information content (AvgIpc) is 2.96. The maximum Gasteiger partial charge on any atom is 0.140 e. The molecule has 0 spiro atoms. The van der Waals surface area contributed by atoms with Crippen molar-refractivity contribution in [2.75, 3.05) is 27.7 Å². The second-order valence-electron chi connectivity index (χ2n) is 14.8. The third kappa shape index (κ3) is 30.3. The number of aliphatic hydroxyl groups excluding tert-OH is 1. The van der Waals surface area contributed by atoms with Gasteiger partial charge in [-0.2, -0.15) is 0 Å². The van der Waals surface area contributed by atoms with Crippen molar-refractivity contribution in [2.45, 2.75) is 206 Å². The monoisotopic (exact) mass is 640 g/mol. The summed E-state index contributed by atoms with van der Waals surface area (Å²) in [6, 6.07) is 0. The van der Waals surface area contributed by atoms with Crippen molar-refractivity contribution >= 4 is 19.9 Å². The van der Waals surface area contributed by atoms with Gasteiger partial charge in [-0.05, 0) is 24.2 Å². The minimum absolute atomic E-state index is 0.0552. The lowest BCUT2D eigenvalue weighted by atomic mass is 9.93. The first-order valence-electron chi connectivity index (χ1n) is 19.5. The van der Waals surface area contributed by atoms with E-state index in [9.17, 15) is 14.7 Å². The number of hydrogen-bond donors (Lipinski definition) is 1. The van der Waals surface area contributed by atoms with E-state index in [1.54, 1.807) is 0 Å². The van der Waals surface area contributed by atoms with Crippen LogP contribution < -0.4 is 0 Å². The molecule has 0 heterocycles. The van der Waals surface area contributed by atoms with Crippen molar-refractivity contribution in [3.8, 4) is 0 Å². The van der Waals surface area contributed by atoms with Crippen molar-refractivity contribution in [2.24, 2.45) is 5.92 Å². The largest absolute Gasteiger partial charge is 0.426 e. The first kappa shape index (κ1) is 43.7. The fourth-order valence-electron chi connectivity index (χ4n) is 6.22. The minimum atomic E-state index is -0.703. The Balaban J connectivity index is 4.23. The summed E-state index contributed by atoms with van der Waals surface area (Å²) in [5.74, 6) is -1.10. The van der Waals surface area contributed by atoms with Crippen molar-refractivity contribution in [3.63, 3.8) is 0 Å². The number of hydrogen-bond acceptors (Lipinski definition) is 3. The van der Waals surface area contributed by atoms with Crippen LogP contribution in [0.1, 0.15) is 200 Å². The number of aliphatic hydroxyl groups is 1. The van der Waals surface area contributed by atoms with E-state index in [-0.39, 0.29) is 11.3 Å². The molecule has 0 rings (SSSR count). The second kappa shape index (κ2) is 31.3. The summed E-state index contributed by atoms with van der Waals surface area (Å²) < 4.78 is 0.609. The quantitative estimate of drug-likeness (QED) is 0.0325. The fraction of sp³-hybridized carbons (Fsp3) is 0.949. The highest BCUT2D eigenvalue weighted by Crippen LogP contribution is 2.29. The number of unbranched alkanes of at least 4 members (excludes halogenated alkanes) is 25. The number of ketones is 1. The third-order valence-electron chi connectivity index (χ3n) is 9.05. The number of carbonyl (C=O) groups is 2. The zero-order valence-corrected chi connectivity index (χ0v) is 31.4. The molecule has 0 aromatic heterocycles. The third-order valence-corrected chi connectivity index (χ3v) is 10.1. The van der Waals surface area contributed by atoms with E-state index >= 15 is 0 Å². The average molecular weight is 640 g/mol. The van der Waals surface area contributed by atoms with Crippen LogP contribution in [0.25, 0.3) is 0 Å². The van der Waals surface area contributed by atoms with Crippen LogP contribution >= 0.6 is 8.58 Å². The first-order chi connectivity index (χ1) is 21.2. The number of Topliss-reactive ketones (excluding diaryl/α,β-unsaturated/α-hetero) is 1. The Morgan fingerprint density at radius 3 is 1.18 bits per heavy atom. The van der Waals surface area contributed by atoms with Gasteiger partial charge in [0, 0.05) is 12.3 Å². The fourth-order valence-corrected chi connectivity index (χ4v) is 7.54. The van der Waals surface area contributed by atoms with E-state index in [1.165, 1.54) is 148 Å². The Kier molecular flexibility index (Phi) is 31.1. The molecule has 0 aliphatic carbocycles. The van der Waals surface area contributed by atoms with Crippen LogP contribution in [-0.2, 0) is 9.59 Å². The molecular weight excluding hydrogens is 561 g/mol. The molecule has 262 valence electrons. The highest BCUT2D eigenvalue weighted by atomic mass is 31.1. The lowest BCUT2D eigenvalue weighted by Crippen LogP contribution is -2.40. The Labute approximate surface area is 278 Å². The molecule has 44 heavy (non-hydrogen) atoms. The van der Waals surface area contributed by atoms with Crippen LogP contribution in [0.5, 0.6) is 0 Å². The summed E-state index contributed by atoms with van der Waals surface area (Å²) >= 11 is 0. The predicted molar refractivity (Wildman–Crippen MR) is 195 cm³/mol. The first-order valence-corrected chi connectivity index (χ1v) is 20.4.